The third kappa shape index (κ3) is 3.27. The molecule has 8 nitrogen and oxygen atoms in total. The maximum Gasteiger partial charge on any atom is 0.253 e. The number of hydrogen-bond acceptors (Lipinski definition) is 5. The highest BCUT2D eigenvalue weighted by molar-refractivity contribution is 5.94. The van der Waals surface area contributed by atoms with E-state index in [0.29, 0.717) is 24.3 Å². The number of nitrogens with zero attached hydrogens (tertiary/aromatic N) is 5. The number of aliphatic hydroxyl groups excluding tert-OH is 1. The topological polar surface area (TPSA) is 99.9 Å². The zero-order valence-corrected chi connectivity index (χ0v) is 15.7. The Hall–Kier alpha value is -3.52. The van der Waals surface area contributed by atoms with E-state index in [0.717, 1.165) is 35.1 Å². The number of carbonyl (C=O) groups is 1. The van der Waals surface area contributed by atoms with Crippen LogP contribution in [0.4, 0.5) is 0 Å². The van der Waals surface area contributed by atoms with Crippen LogP contribution in [-0.2, 0) is 0 Å². The summed E-state index contributed by atoms with van der Waals surface area (Å²) in [6.07, 6.45) is 2.97. The molecular weight excluding hydrogens is 368 g/mol. The Morgan fingerprint density at radius 3 is 2.79 bits per heavy atom. The maximum absolute atomic E-state index is 12.6. The normalized spacial score (nSPS) is 17.0. The molecule has 2 aromatic carbocycles. The fourth-order valence-electron chi connectivity index (χ4n) is 3.74. The molecule has 0 saturated carbocycles. The number of fused-ring (bicyclic) bond motifs is 1. The van der Waals surface area contributed by atoms with E-state index in [1.807, 2.05) is 42.6 Å². The van der Waals surface area contributed by atoms with E-state index in [2.05, 4.69) is 20.5 Å². The first-order valence-electron chi connectivity index (χ1n) is 9.62. The number of aliphatic hydroxyl groups is 1. The van der Waals surface area contributed by atoms with Crippen molar-refractivity contribution in [3.63, 3.8) is 0 Å². The number of piperidine rings is 1. The maximum atomic E-state index is 12.6. The number of amides is 1. The Balaban J connectivity index is 1.38. The summed E-state index contributed by atoms with van der Waals surface area (Å²) in [5, 5.41) is 26.6. The number of H-pyrrole nitrogens is 1. The zero-order valence-electron chi connectivity index (χ0n) is 15.7. The van der Waals surface area contributed by atoms with E-state index in [-0.39, 0.29) is 5.91 Å². The first-order chi connectivity index (χ1) is 14.2. The zero-order chi connectivity index (χ0) is 19.8. The number of carbonyl (C=O) groups excluding carboxylic acids is 1. The van der Waals surface area contributed by atoms with Crippen molar-refractivity contribution in [2.45, 2.75) is 18.9 Å². The number of aromatic amines is 1. The molecule has 29 heavy (non-hydrogen) atoms. The second-order valence-electron chi connectivity index (χ2n) is 7.26. The molecule has 1 saturated heterocycles. The number of β-amino-alcohol motifs (C(OH)–C–C–N with tert-alkyl or cyclic N) is 1. The third-order valence-electron chi connectivity index (χ3n) is 5.27. The summed E-state index contributed by atoms with van der Waals surface area (Å²) in [4.78, 5) is 14.4. The van der Waals surface area contributed by atoms with Crippen LogP contribution in [0.25, 0.3) is 28.0 Å². The lowest BCUT2D eigenvalue weighted by Crippen LogP contribution is -2.42. The highest BCUT2D eigenvalue weighted by Crippen LogP contribution is 2.24. The van der Waals surface area contributed by atoms with Crippen LogP contribution in [0.15, 0.2) is 54.7 Å². The predicted octanol–water partition coefficient (Wildman–Crippen LogP) is 2.41. The van der Waals surface area contributed by atoms with Crippen LogP contribution in [-0.4, -0.2) is 60.3 Å². The smallest absolute Gasteiger partial charge is 0.253 e. The second kappa shape index (κ2) is 7.14. The van der Waals surface area contributed by atoms with Gasteiger partial charge in [0.2, 0.25) is 0 Å². The van der Waals surface area contributed by atoms with Gasteiger partial charge in [-0.1, -0.05) is 23.4 Å². The van der Waals surface area contributed by atoms with Crippen molar-refractivity contribution in [3.05, 3.63) is 60.3 Å². The van der Waals surface area contributed by atoms with Crippen molar-refractivity contribution in [2.24, 2.45) is 0 Å². The minimum absolute atomic E-state index is 0.0578. The van der Waals surface area contributed by atoms with Crippen LogP contribution >= 0.6 is 0 Å². The van der Waals surface area contributed by atoms with Gasteiger partial charge < -0.3 is 10.0 Å². The SMILES string of the molecule is O=C(c1ccc(-n2cc(-c3n[nH]c4ccccc34)nn2)cc1)N1CCCC(O)C1. The average Bonchev–Trinajstić information content (AvgIpc) is 3.40. The molecule has 2 aromatic heterocycles. The molecule has 1 unspecified atom stereocenters. The van der Waals surface area contributed by atoms with Gasteiger partial charge in [-0.2, -0.15) is 5.10 Å². The minimum Gasteiger partial charge on any atom is -0.391 e. The fraction of sp³-hybridized carbons (Fsp3) is 0.238. The molecule has 4 aromatic rings. The van der Waals surface area contributed by atoms with Gasteiger partial charge in [-0.05, 0) is 43.2 Å². The van der Waals surface area contributed by atoms with Crippen LogP contribution in [0.1, 0.15) is 23.2 Å². The molecule has 146 valence electrons. The summed E-state index contributed by atoms with van der Waals surface area (Å²) < 4.78 is 1.66. The average molecular weight is 388 g/mol. The van der Waals surface area contributed by atoms with Gasteiger partial charge in [-0.15, -0.1) is 5.10 Å². The first-order valence-corrected chi connectivity index (χ1v) is 9.62. The van der Waals surface area contributed by atoms with E-state index in [1.165, 1.54) is 0 Å². The minimum atomic E-state index is -0.432. The number of aromatic nitrogens is 5. The summed E-state index contributed by atoms with van der Waals surface area (Å²) >= 11 is 0. The fourth-order valence-corrected chi connectivity index (χ4v) is 3.74. The molecule has 1 aliphatic rings. The lowest BCUT2D eigenvalue weighted by atomic mass is 10.1. The number of nitrogens with one attached hydrogen (secondary N) is 1. The first kappa shape index (κ1) is 17.6. The van der Waals surface area contributed by atoms with Gasteiger partial charge in [0.25, 0.3) is 5.91 Å². The largest absolute Gasteiger partial charge is 0.391 e. The van der Waals surface area contributed by atoms with Gasteiger partial charge >= 0.3 is 0 Å². The van der Waals surface area contributed by atoms with E-state index >= 15 is 0 Å². The van der Waals surface area contributed by atoms with E-state index in [4.69, 9.17) is 0 Å². The van der Waals surface area contributed by atoms with Crippen LogP contribution in [0.3, 0.4) is 0 Å². The Bertz CT molecular complexity index is 1160. The van der Waals surface area contributed by atoms with Gasteiger partial charge in [-0.3, -0.25) is 9.89 Å². The molecule has 8 heteroatoms. The van der Waals surface area contributed by atoms with Crippen molar-refractivity contribution in [2.75, 3.05) is 13.1 Å². The summed E-state index contributed by atoms with van der Waals surface area (Å²) in [5.41, 5.74) is 3.77. The molecule has 0 spiro atoms. The van der Waals surface area contributed by atoms with Gasteiger partial charge in [0.05, 0.1) is 23.5 Å². The molecule has 1 atom stereocenters. The van der Waals surface area contributed by atoms with Crippen molar-refractivity contribution in [3.8, 4) is 17.1 Å². The number of hydrogen-bond donors (Lipinski definition) is 2. The van der Waals surface area contributed by atoms with Crippen molar-refractivity contribution in [1.82, 2.24) is 30.1 Å². The molecule has 1 fully saturated rings. The van der Waals surface area contributed by atoms with E-state index in [1.54, 1.807) is 21.7 Å². The summed E-state index contributed by atoms with van der Waals surface area (Å²) in [6, 6.07) is 15.1. The summed E-state index contributed by atoms with van der Waals surface area (Å²) in [5.74, 6) is -0.0578. The molecule has 0 aliphatic carbocycles. The van der Waals surface area contributed by atoms with Crippen molar-refractivity contribution >= 4 is 16.8 Å². The third-order valence-corrected chi connectivity index (χ3v) is 5.27. The second-order valence-corrected chi connectivity index (χ2v) is 7.26. The monoisotopic (exact) mass is 388 g/mol. The number of para-hydroxylation sites is 1. The standard InChI is InChI=1S/C21H20N6O2/c28-16-4-3-11-26(12-16)21(29)14-7-9-15(10-8-14)27-13-19(23-25-27)20-17-5-1-2-6-18(17)22-24-20/h1-2,5-10,13,16,28H,3-4,11-12H2,(H,22,24). The molecule has 0 bridgehead atoms. The Kier molecular flexibility index (Phi) is 4.33. The predicted molar refractivity (Wildman–Crippen MR) is 108 cm³/mol. The molecular formula is C21H20N6O2. The van der Waals surface area contributed by atoms with Crippen molar-refractivity contribution in [1.29, 1.82) is 0 Å². The van der Waals surface area contributed by atoms with E-state index in [9.17, 15) is 9.90 Å². The Labute approximate surface area is 166 Å². The lowest BCUT2D eigenvalue weighted by Gasteiger charge is -2.30. The molecule has 5 rings (SSSR count). The molecule has 1 amide bonds. The lowest BCUT2D eigenvalue weighted by molar-refractivity contribution is 0.0474. The molecule has 0 radical (unpaired) electrons. The van der Waals surface area contributed by atoms with Gasteiger partial charge in [-0.25, -0.2) is 4.68 Å². The van der Waals surface area contributed by atoms with Gasteiger partial charge in [0, 0.05) is 24.0 Å². The van der Waals surface area contributed by atoms with Crippen molar-refractivity contribution < 1.29 is 9.90 Å². The molecule has 3 heterocycles. The van der Waals surface area contributed by atoms with Crippen LogP contribution < -0.4 is 0 Å². The number of likely N-dealkylation sites (tertiary alicyclic amines) is 1. The highest BCUT2D eigenvalue weighted by Gasteiger charge is 2.23. The van der Waals surface area contributed by atoms with Crippen LogP contribution in [0, 0.1) is 0 Å². The summed E-state index contributed by atoms with van der Waals surface area (Å²) in [6.45, 7) is 1.08. The highest BCUT2D eigenvalue weighted by atomic mass is 16.3. The number of benzene rings is 2. The summed E-state index contributed by atoms with van der Waals surface area (Å²) in [7, 11) is 0. The van der Waals surface area contributed by atoms with E-state index < -0.39 is 6.10 Å². The molecule has 1 aliphatic heterocycles. The Morgan fingerprint density at radius 1 is 1.14 bits per heavy atom. The quantitative estimate of drug-likeness (QED) is 0.561. The van der Waals surface area contributed by atoms with Gasteiger partial charge in [0.1, 0.15) is 11.4 Å². The molecule has 2 N–H and O–H groups in total. The Morgan fingerprint density at radius 2 is 1.97 bits per heavy atom. The van der Waals surface area contributed by atoms with Crippen LogP contribution in [0.5, 0.6) is 0 Å². The number of rotatable bonds is 3. The van der Waals surface area contributed by atoms with Crippen LogP contribution in [0.2, 0.25) is 0 Å². The van der Waals surface area contributed by atoms with Gasteiger partial charge in [0.15, 0.2) is 0 Å².